The molecule has 0 aliphatic carbocycles. The van der Waals surface area contributed by atoms with Crippen LogP contribution in [0.25, 0.3) is 11.2 Å². The summed E-state index contributed by atoms with van der Waals surface area (Å²) >= 11 is 0. The molecule has 2 aromatic heterocycles. The van der Waals surface area contributed by atoms with Gasteiger partial charge in [-0.3, -0.25) is 14.1 Å². The predicted molar refractivity (Wildman–Crippen MR) is 182 cm³/mol. The van der Waals surface area contributed by atoms with Crippen molar-refractivity contribution in [3.63, 3.8) is 0 Å². The summed E-state index contributed by atoms with van der Waals surface area (Å²) in [6.07, 6.45) is 5.73. The summed E-state index contributed by atoms with van der Waals surface area (Å²) in [5.41, 5.74) is 11.5. The number of likely N-dealkylation sites (N-methyl/N-ethyl adjacent to an activating group) is 1. The molecule has 0 radical (unpaired) electrons. The average Bonchev–Trinajstić information content (AvgIpc) is 3.66. The number of benzene rings is 2. The lowest BCUT2D eigenvalue weighted by Gasteiger charge is -2.42. The number of anilines is 6. The van der Waals surface area contributed by atoms with Crippen LogP contribution in [0.15, 0.2) is 42.7 Å². The molecule has 13 nitrogen and oxygen atoms in total. The number of hydrogen-bond donors (Lipinski definition) is 1. The molecule has 2 saturated heterocycles. The van der Waals surface area contributed by atoms with E-state index in [1.54, 1.807) is 18.0 Å². The van der Waals surface area contributed by atoms with Crippen molar-refractivity contribution in [3.05, 3.63) is 48.3 Å². The van der Waals surface area contributed by atoms with Gasteiger partial charge in [0.25, 0.3) is 0 Å². The van der Waals surface area contributed by atoms with E-state index in [4.69, 9.17) is 20.4 Å². The van der Waals surface area contributed by atoms with Gasteiger partial charge in [-0.1, -0.05) is 12.1 Å². The first-order valence-corrected chi connectivity index (χ1v) is 17.7. The summed E-state index contributed by atoms with van der Waals surface area (Å²) in [6, 6.07) is 12.6. The molecule has 0 bridgehead atoms. The van der Waals surface area contributed by atoms with E-state index >= 15 is 0 Å². The first-order valence-electron chi connectivity index (χ1n) is 15.8. The Morgan fingerprint density at radius 3 is 2.43 bits per heavy atom. The van der Waals surface area contributed by atoms with Crippen molar-refractivity contribution in [2.75, 3.05) is 86.1 Å². The number of fused-ring (bicyclic) bond motifs is 2. The molecule has 3 aliphatic heterocycles. The molecule has 0 saturated carbocycles. The van der Waals surface area contributed by atoms with Crippen LogP contribution in [0.4, 0.5) is 34.5 Å². The van der Waals surface area contributed by atoms with Crippen molar-refractivity contribution in [1.82, 2.24) is 29.3 Å². The number of methoxy groups -OCH3 is 1. The van der Waals surface area contributed by atoms with E-state index < -0.39 is 10.0 Å². The average molecular weight is 647 g/mol. The topological polar surface area (TPSA) is 129 Å². The van der Waals surface area contributed by atoms with Crippen LogP contribution in [-0.4, -0.2) is 110 Å². The molecule has 2 N–H and O–H groups in total. The van der Waals surface area contributed by atoms with Crippen LogP contribution in [0.1, 0.15) is 18.4 Å². The molecule has 0 amide bonds. The molecule has 7 rings (SSSR count). The lowest BCUT2D eigenvalue weighted by Crippen LogP contribution is -2.52. The van der Waals surface area contributed by atoms with E-state index in [1.165, 1.54) is 10.6 Å². The standard InChI is InChI=1S/C32H42N10O3S/c1-37-16-18-40(19-17-37)23-11-13-39(14-12-23)24-8-9-25(27(20-24)45-3)42(32-35-30(33)29-31(36-32)34-21-38(29)2)26-7-5-6-22-10-15-41(28(22)26)46(4,43)44/h5-9,20-21,23H,10-19H2,1-4H3,(H2,33,35,36). The smallest absolute Gasteiger partial charge is 0.238 e. The molecule has 2 aromatic carbocycles. The first kappa shape index (κ1) is 30.5. The number of imidazole rings is 1. The Morgan fingerprint density at radius 1 is 0.957 bits per heavy atom. The molecule has 0 atom stereocenters. The van der Waals surface area contributed by atoms with Crippen molar-refractivity contribution >= 4 is 55.7 Å². The SMILES string of the molecule is COc1cc(N2CCC(N3CCN(C)CC3)CC2)ccc1N(c1nc(N)c2c(ncn2C)n1)c1cccc2c1N(S(C)(=O)=O)CC2. The molecule has 4 aromatic rings. The van der Waals surface area contributed by atoms with E-state index in [-0.39, 0.29) is 11.8 Å². The normalized spacial score (nSPS) is 18.3. The van der Waals surface area contributed by atoms with Crippen molar-refractivity contribution in [1.29, 1.82) is 0 Å². The number of nitrogens with zero attached hydrogens (tertiary/aromatic N) is 9. The summed E-state index contributed by atoms with van der Waals surface area (Å²) in [6.45, 7) is 6.83. The number of para-hydroxylation sites is 1. The van der Waals surface area contributed by atoms with Gasteiger partial charge in [0, 0.05) is 70.7 Å². The number of rotatable bonds is 7. The quantitative estimate of drug-likeness (QED) is 0.318. The van der Waals surface area contributed by atoms with Crippen LogP contribution >= 0.6 is 0 Å². The maximum absolute atomic E-state index is 13.0. The lowest BCUT2D eigenvalue weighted by atomic mass is 10.0. The Bertz CT molecular complexity index is 1860. The van der Waals surface area contributed by atoms with Crippen molar-refractivity contribution in [2.45, 2.75) is 25.3 Å². The number of piperazine rings is 1. The summed E-state index contributed by atoms with van der Waals surface area (Å²) in [5, 5.41) is 0. The zero-order valence-corrected chi connectivity index (χ0v) is 27.7. The Balaban J connectivity index is 1.28. The number of sulfonamides is 1. The van der Waals surface area contributed by atoms with Crippen molar-refractivity contribution < 1.29 is 13.2 Å². The summed E-state index contributed by atoms with van der Waals surface area (Å²) in [5.74, 6) is 1.16. The number of hydrogen-bond acceptors (Lipinski definition) is 11. The van der Waals surface area contributed by atoms with Crippen LogP contribution in [-0.2, 0) is 23.5 Å². The fourth-order valence-electron chi connectivity index (χ4n) is 7.16. The second kappa shape index (κ2) is 11.9. The molecule has 0 unspecified atom stereocenters. The molecule has 46 heavy (non-hydrogen) atoms. The highest BCUT2D eigenvalue weighted by Gasteiger charge is 2.34. The van der Waals surface area contributed by atoms with Crippen molar-refractivity contribution in [2.24, 2.45) is 7.05 Å². The molecule has 2 fully saturated rings. The molecule has 3 aliphatic rings. The predicted octanol–water partition coefficient (Wildman–Crippen LogP) is 2.96. The number of aromatic nitrogens is 4. The summed E-state index contributed by atoms with van der Waals surface area (Å²) < 4.78 is 35.2. The minimum Gasteiger partial charge on any atom is -0.494 e. The molecular weight excluding hydrogens is 604 g/mol. The second-order valence-electron chi connectivity index (χ2n) is 12.6. The van der Waals surface area contributed by atoms with Gasteiger partial charge in [-0.25, -0.2) is 13.4 Å². The Hall–Kier alpha value is -4.14. The number of aryl methyl sites for hydroxylation is 1. The van der Waals surface area contributed by atoms with E-state index in [0.717, 1.165) is 63.4 Å². The first-order chi connectivity index (χ1) is 22.1. The molecule has 244 valence electrons. The van der Waals surface area contributed by atoms with E-state index in [1.807, 2.05) is 36.2 Å². The number of ether oxygens (including phenoxy) is 1. The van der Waals surface area contributed by atoms with Gasteiger partial charge in [-0.05, 0) is 50.1 Å². The monoisotopic (exact) mass is 646 g/mol. The Kier molecular flexibility index (Phi) is 7.89. The third-order valence-corrected chi connectivity index (χ3v) is 10.8. The number of nitrogen functional groups attached to an aromatic ring is 1. The van der Waals surface area contributed by atoms with Gasteiger partial charge in [0.1, 0.15) is 11.3 Å². The van der Waals surface area contributed by atoms with E-state index in [2.05, 4.69) is 38.9 Å². The zero-order valence-electron chi connectivity index (χ0n) is 26.9. The Morgan fingerprint density at radius 2 is 1.72 bits per heavy atom. The maximum Gasteiger partial charge on any atom is 0.238 e. The number of piperidine rings is 1. The molecule has 0 spiro atoms. The molecular formula is C32H42N10O3S. The zero-order chi connectivity index (χ0) is 32.2. The van der Waals surface area contributed by atoms with Gasteiger partial charge in [0.2, 0.25) is 16.0 Å². The molecule has 5 heterocycles. The fraction of sp³-hybridized carbons (Fsp3) is 0.469. The highest BCUT2D eigenvalue weighted by Crippen LogP contribution is 2.48. The third-order valence-electron chi connectivity index (χ3n) is 9.65. The second-order valence-corrected chi connectivity index (χ2v) is 14.5. The third kappa shape index (κ3) is 5.47. The van der Waals surface area contributed by atoms with Crippen LogP contribution < -0.4 is 24.6 Å². The van der Waals surface area contributed by atoms with Gasteiger partial charge < -0.3 is 24.8 Å². The van der Waals surface area contributed by atoms with Crippen LogP contribution in [0, 0.1) is 0 Å². The van der Waals surface area contributed by atoms with E-state index in [9.17, 15) is 8.42 Å². The molecule has 14 heteroatoms. The minimum absolute atomic E-state index is 0.274. The van der Waals surface area contributed by atoms with Gasteiger partial charge in [0.15, 0.2) is 11.5 Å². The summed E-state index contributed by atoms with van der Waals surface area (Å²) in [4.78, 5) is 23.3. The summed E-state index contributed by atoms with van der Waals surface area (Å²) in [7, 11) is 2.14. The lowest BCUT2D eigenvalue weighted by molar-refractivity contribution is 0.0982. The van der Waals surface area contributed by atoms with Crippen LogP contribution in [0.5, 0.6) is 5.75 Å². The fourth-order valence-corrected chi connectivity index (χ4v) is 8.12. The van der Waals surface area contributed by atoms with Gasteiger partial charge in [0.05, 0.1) is 36.8 Å². The highest BCUT2D eigenvalue weighted by atomic mass is 32.2. The van der Waals surface area contributed by atoms with Crippen LogP contribution in [0.2, 0.25) is 0 Å². The Labute approximate surface area is 270 Å². The maximum atomic E-state index is 13.0. The highest BCUT2D eigenvalue weighted by molar-refractivity contribution is 7.92. The largest absolute Gasteiger partial charge is 0.494 e. The van der Waals surface area contributed by atoms with Crippen LogP contribution in [0.3, 0.4) is 0 Å². The van der Waals surface area contributed by atoms with Crippen molar-refractivity contribution in [3.8, 4) is 5.75 Å². The number of nitrogens with two attached hydrogens (primary N) is 1. The minimum atomic E-state index is -3.55. The van der Waals surface area contributed by atoms with Gasteiger partial charge >= 0.3 is 0 Å². The van der Waals surface area contributed by atoms with E-state index in [0.29, 0.717) is 53.0 Å². The van der Waals surface area contributed by atoms with Gasteiger partial charge in [-0.15, -0.1) is 0 Å². The van der Waals surface area contributed by atoms with Gasteiger partial charge in [-0.2, -0.15) is 9.97 Å².